The molecule has 108 valence electrons. The minimum Gasteiger partial charge on any atom is -0.289 e. The summed E-state index contributed by atoms with van der Waals surface area (Å²) in [5.41, 5.74) is 1.75. The third-order valence-corrected chi connectivity index (χ3v) is 2.72. The lowest BCUT2D eigenvalue weighted by Crippen LogP contribution is -1.92. The Morgan fingerprint density at radius 2 is 1.36 bits per heavy atom. The number of carbonyl (C=O) groups is 2. The van der Waals surface area contributed by atoms with Gasteiger partial charge in [-0.3, -0.25) is 4.79 Å². The minimum absolute atomic E-state index is 0.0319. The molecule has 3 rings (SSSR count). The van der Waals surface area contributed by atoms with Gasteiger partial charge in [0, 0.05) is 5.56 Å². The second-order valence-electron chi connectivity index (χ2n) is 4.31. The summed E-state index contributed by atoms with van der Waals surface area (Å²) < 4.78 is 0. The molecule has 0 saturated heterocycles. The van der Waals surface area contributed by atoms with Crippen LogP contribution in [-0.4, -0.2) is 24.2 Å². The summed E-state index contributed by atoms with van der Waals surface area (Å²) in [7, 11) is 0. The number of benzene rings is 2. The quantitative estimate of drug-likeness (QED) is 0.637. The lowest BCUT2D eigenvalue weighted by Gasteiger charge is -1.94. The summed E-state index contributed by atoms with van der Waals surface area (Å²) in [6.07, 6.45) is 6.16. The van der Waals surface area contributed by atoms with E-state index in [9.17, 15) is 9.59 Å². The molecule has 0 radical (unpaired) electrons. The maximum atomic E-state index is 11.7. The van der Waals surface area contributed by atoms with Crippen LogP contribution in [0, 0.1) is 0 Å². The van der Waals surface area contributed by atoms with Gasteiger partial charge in [0.2, 0.25) is 0 Å². The molecule has 4 nitrogen and oxygen atoms in total. The molecule has 0 spiro atoms. The van der Waals surface area contributed by atoms with Crippen LogP contribution >= 0.6 is 0 Å². The van der Waals surface area contributed by atoms with Crippen molar-refractivity contribution in [1.29, 1.82) is 0 Å². The Balaban J connectivity index is 0.000000246. The molecule has 22 heavy (non-hydrogen) atoms. The summed E-state index contributed by atoms with van der Waals surface area (Å²) >= 11 is 0. The monoisotopic (exact) mass is 290 g/mol. The van der Waals surface area contributed by atoms with Crippen molar-refractivity contribution < 1.29 is 9.59 Å². The van der Waals surface area contributed by atoms with Gasteiger partial charge in [-0.2, -0.15) is 9.98 Å². The maximum Gasteiger partial charge on any atom is 0.367 e. The van der Waals surface area contributed by atoms with Gasteiger partial charge < -0.3 is 0 Å². The van der Waals surface area contributed by atoms with Gasteiger partial charge in [-0.25, -0.2) is 4.79 Å². The van der Waals surface area contributed by atoms with Crippen molar-refractivity contribution in [3.8, 4) is 0 Å². The highest BCUT2D eigenvalue weighted by Crippen LogP contribution is 2.05. The largest absolute Gasteiger partial charge is 0.367 e. The van der Waals surface area contributed by atoms with Crippen LogP contribution in [0.2, 0.25) is 0 Å². The molecule has 0 fully saturated rings. The Hall–Kier alpha value is -3.14. The third-order valence-electron chi connectivity index (χ3n) is 2.72. The van der Waals surface area contributed by atoms with E-state index in [0.717, 1.165) is 11.1 Å². The highest BCUT2D eigenvalue weighted by molar-refractivity contribution is 6.25. The molecule has 2 aromatic rings. The van der Waals surface area contributed by atoms with Gasteiger partial charge in [0.15, 0.2) is 5.78 Å². The van der Waals surface area contributed by atoms with Gasteiger partial charge in [0.25, 0.3) is 0 Å². The first-order valence-electron chi connectivity index (χ1n) is 6.69. The fourth-order valence-corrected chi connectivity index (χ4v) is 1.66. The normalized spacial score (nSPS) is 12.3. The molecule has 2 aromatic carbocycles. The Labute approximate surface area is 128 Å². The van der Waals surface area contributed by atoms with Crippen LogP contribution in [0.5, 0.6) is 0 Å². The lowest BCUT2D eigenvalue weighted by atomic mass is 10.1. The molecule has 0 N–H and O–H groups in total. The van der Waals surface area contributed by atoms with Gasteiger partial charge in [-0.15, -0.1) is 0 Å². The predicted molar refractivity (Wildman–Crippen MR) is 88.6 cm³/mol. The van der Waals surface area contributed by atoms with Crippen molar-refractivity contribution in [3.05, 3.63) is 77.9 Å². The molecule has 0 aromatic heterocycles. The molecule has 2 amide bonds. The van der Waals surface area contributed by atoms with Crippen molar-refractivity contribution >= 4 is 30.3 Å². The molecule has 0 atom stereocenters. The number of nitrogens with zero attached hydrogens (tertiary/aromatic N) is 2. The first-order valence-corrected chi connectivity index (χ1v) is 6.69. The zero-order valence-corrected chi connectivity index (χ0v) is 11.8. The van der Waals surface area contributed by atoms with E-state index in [1.54, 1.807) is 6.08 Å². The van der Waals surface area contributed by atoms with Crippen molar-refractivity contribution in [2.24, 2.45) is 9.98 Å². The van der Waals surface area contributed by atoms with E-state index in [1.807, 2.05) is 66.7 Å². The van der Waals surface area contributed by atoms with Gasteiger partial charge in [0.1, 0.15) is 0 Å². The van der Waals surface area contributed by atoms with E-state index in [1.165, 1.54) is 12.4 Å². The average molecular weight is 290 g/mol. The number of carbonyl (C=O) groups excluding carboxylic acids is 2. The topological polar surface area (TPSA) is 58.9 Å². The highest BCUT2D eigenvalue weighted by Gasteiger charge is 1.98. The van der Waals surface area contributed by atoms with Gasteiger partial charge >= 0.3 is 6.03 Å². The van der Waals surface area contributed by atoms with Crippen molar-refractivity contribution in [3.63, 3.8) is 0 Å². The zero-order valence-electron chi connectivity index (χ0n) is 11.8. The van der Waals surface area contributed by atoms with Crippen LogP contribution in [0.15, 0.2) is 76.7 Å². The smallest absolute Gasteiger partial charge is 0.289 e. The molecule has 0 aliphatic carbocycles. The summed E-state index contributed by atoms with van der Waals surface area (Å²) in [6, 6.07) is 18.6. The van der Waals surface area contributed by atoms with E-state index in [0.29, 0.717) is 0 Å². The lowest BCUT2D eigenvalue weighted by molar-refractivity contribution is 0.104. The van der Waals surface area contributed by atoms with E-state index < -0.39 is 6.03 Å². The predicted octanol–water partition coefficient (Wildman–Crippen LogP) is 3.84. The molecular weight excluding hydrogens is 276 g/mol. The van der Waals surface area contributed by atoms with Crippen molar-refractivity contribution in [2.75, 3.05) is 0 Å². The SMILES string of the molecule is O=C(C=Cc1ccccc1)c1ccccc1.O=C1N=CC=N1. The second kappa shape index (κ2) is 8.21. The molecule has 1 heterocycles. The second-order valence-corrected chi connectivity index (χ2v) is 4.31. The first-order chi connectivity index (χ1) is 10.8. The molecular formula is C18H14N2O2. The molecule has 1 aliphatic heterocycles. The molecule has 0 saturated carbocycles. The van der Waals surface area contributed by atoms with Crippen molar-refractivity contribution in [2.45, 2.75) is 0 Å². The third kappa shape index (κ3) is 5.09. The number of allylic oxidation sites excluding steroid dienone is 1. The summed E-state index contributed by atoms with van der Waals surface area (Å²) in [6.45, 7) is 0. The van der Waals surface area contributed by atoms with Crippen LogP contribution in [0.25, 0.3) is 6.08 Å². The number of ketones is 1. The maximum absolute atomic E-state index is 11.7. The van der Waals surface area contributed by atoms with Crippen molar-refractivity contribution in [1.82, 2.24) is 0 Å². The molecule has 0 unspecified atom stereocenters. The van der Waals surface area contributed by atoms with Gasteiger partial charge in [-0.05, 0) is 11.6 Å². The van der Waals surface area contributed by atoms with Crippen LogP contribution < -0.4 is 0 Å². The van der Waals surface area contributed by atoms with E-state index >= 15 is 0 Å². The van der Waals surface area contributed by atoms with Crippen LogP contribution in [0.4, 0.5) is 4.79 Å². The number of amides is 2. The fourth-order valence-electron chi connectivity index (χ4n) is 1.66. The number of urea groups is 1. The Morgan fingerprint density at radius 3 is 1.86 bits per heavy atom. The summed E-state index contributed by atoms with van der Waals surface area (Å²) in [4.78, 5) is 28.1. The highest BCUT2D eigenvalue weighted by atomic mass is 16.2. The standard InChI is InChI=1S/C15H12O.C3H2N2O/c16-15(14-9-5-2-6-10-14)12-11-13-7-3-1-4-8-13;6-3-4-1-2-5-3/h1-12H;1-2H. The molecule has 0 bridgehead atoms. The number of hydrogen-bond acceptors (Lipinski definition) is 2. The first kappa shape index (κ1) is 15.3. The van der Waals surface area contributed by atoms with Crippen LogP contribution in [0.1, 0.15) is 15.9 Å². The number of aliphatic imine (C=N–C) groups is 2. The zero-order chi connectivity index (χ0) is 15.6. The average Bonchev–Trinajstić information content (AvgIpc) is 3.06. The Bertz CT molecular complexity index is 703. The number of rotatable bonds is 3. The molecule has 4 heteroatoms. The number of hydrogen-bond donors (Lipinski definition) is 0. The van der Waals surface area contributed by atoms with Crippen LogP contribution in [-0.2, 0) is 0 Å². The van der Waals surface area contributed by atoms with E-state index in [4.69, 9.17) is 0 Å². The Kier molecular flexibility index (Phi) is 5.70. The van der Waals surface area contributed by atoms with Gasteiger partial charge in [0.05, 0.1) is 12.4 Å². The van der Waals surface area contributed by atoms with E-state index in [2.05, 4.69) is 9.98 Å². The van der Waals surface area contributed by atoms with Crippen LogP contribution in [0.3, 0.4) is 0 Å². The summed E-state index contributed by atoms with van der Waals surface area (Å²) in [5, 5.41) is 0. The fraction of sp³-hybridized carbons (Fsp3) is 0. The van der Waals surface area contributed by atoms with E-state index in [-0.39, 0.29) is 5.78 Å². The minimum atomic E-state index is -0.407. The van der Waals surface area contributed by atoms with Gasteiger partial charge in [-0.1, -0.05) is 66.7 Å². The summed E-state index contributed by atoms with van der Waals surface area (Å²) in [5.74, 6) is 0.0319. The Morgan fingerprint density at radius 1 is 0.818 bits per heavy atom. The molecule has 1 aliphatic rings.